The van der Waals surface area contributed by atoms with Gasteiger partial charge in [-0.15, -0.1) is 0 Å². The quantitative estimate of drug-likeness (QED) is 0.693. The molecule has 0 radical (unpaired) electrons. The van der Waals surface area contributed by atoms with E-state index >= 15 is 0 Å². The Morgan fingerprint density at radius 1 is 1.54 bits per heavy atom. The standard InChI is InChI=1S/C9H14N2O2/c1-2-8(7-12-10)13-9-5-3-4-6-11-9/h3-6,8H,2,7,10H2,1H3. The largest absolute Gasteiger partial charge is 0.472 e. The molecule has 1 atom stereocenters. The Bertz CT molecular complexity index is 228. The smallest absolute Gasteiger partial charge is 0.213 e. The van der Waals surface area contributed by atoms with E-state index in [1.54, 1.807) is 12.3 Å². The van der Waals surface area contributed by atoms with Crippen molar-refractivity contribution in [2.45, 2.75) is 19.4 Å². The maximum absolute atomic E-state index is 5.49. The van der Waals surface area contributed by atoms with Gasteiger partial charge in [0, 0.05) is 12.3 Å². The van der Waals surface area contributed by atoms with E-state index in [1.165, 1.54) is 0 Å². The van der Waals surface area contributed by atoms with Gasteiger partial charge in [0.2, 0.25) is 5.88 Å². The van der Waals surface area contributed by atoms with Crippen molar-refractivity contribution in [1.82, 2.24) is 4.98 Å². The summed E-state index contributed by atoms with van der Waals surface area (Å²) in [4.78, 5) is 8.54. The van der Waals surface area contributed by atoms with Gasteiger partial charge in [0.25, 0.3) is 0 Å². The lowest BCUT2D eigenvalue weighted by Gasteiger charge is -2.14. The van der Waals surface area contributed by atoms with Crippen LogP contribution in [0.2, 0.25) is 0 Å². The molecule has 1 unspecified atom stereocenters. The Labute approximate surface area is 77.6 Å². The topological polar surface area (TPSA) is 57.4 Å². The fourth-order valence-corrected chi connectivity index (χ4v) is 0.930. The Morgan fingerprint density at radius 3 is 2.92 bits per heavy atom. The second kappa shape index (κ2) is 5.50. The first kappa shape index (κ1) is 9.95. The predicted molar refractivity (Wildman–Crippen MR) is 49.1 cm³/mol. The first-order chi connectivity index (χ1) is 6.36. The fraction of sp³-hybridized carbons (Fsp3) is 0.444. The van der Waals surface area contributed by atoms with Crippen LogP contribution in [0.4, 0.5) is 0 Å². The molecule has 0 fully saturated rings. The summed E-state index contributed by atoms with van der Waals surface area (Å²) < 4.78 is 5.49. The fourth-order valence-electron chi connectivity index (χ4n) is 0.930. The van der Waals surface area contributed by atoms with Crippen LogP contribution in [-0.4, -0.2) is 17.7 Å². The van der Waals surface area contributed by atoms with Crippen molar-refractivity contribution in [1.29, 1.82) is 0 Å². The predicted octanol–water partition coefficient (Wildman–Crippen LogP) is 1.13. The molecule has 72 valence electrons. The number of aromatic nitrogens is 1. The highest BCUT2D eigenvalue weighted by Gasteiger charge is 2.07. The van der Waals surface area contributed by atoms with E-state index in [2.05, 4.69) is 9.82 Å². The molecule has 13 heavy (non-hydrogen) atoms. The highest BCUT2D eigenvalue weighted by molar-refractivity contribution is 5.09. The number of hydrogen-bond acceptors (Lipinski definition) is 4. The molecule has 0 amide bonds. The zero-order valence-electron chi connectivity index (χ0n) is 7.64. The third-order valence-corrected chi connectivity index (χ3v) is 1.66. The second-order valence-corrected chi connectivity index (χ2v) is 2.65. The van der Waals surface area contributed by atoms with Gasteiger partial charge in [0.05, 0.1) is 0 Å². The van der Waals surface area contributed by atoms with Crippen molar-refractivity contribution < 1.29 is 9.57 Å². The van der Waals surface area contributed by atoms with Gasteiger partial charge < -0.3 is 9.57 Å². The lowest BCUT2D eigenvalue weighted by atomic mass is 10.3. The van der Waals surface area contributed by atoms with Crippen LogP contribution in [0.5, 0.6) is 5.88 Å². The average Bonchev–Trinajstić information content (AvgIpc) is 2.19. The maximum atomic E-state index is 5.49. The zero-order valence-corrected chi connectivity index (χ0v) is 7.64. The van der Waals surface area contributed by atoms with E-state index in [0.717, 1.165) is 6.42 Å². The summed E-state index contributed by atoms with van der Waals surface area (Å²) in [5.41, 5.74) is 0. The zero-order chi connectivity index (χ0) is 9.52. The van der Waals surface area contributed by atoms with E-state index in [0.29, 0.717) is 12.5 Å². The Balaban J connectivity index is 2.46. The van der Waals surface area contributed by atoms with E-state index in [9.17, 15) is 0 Å². The van der Waals surface area contributed by atoms with E-state index in [-0.39, 0.29) is 6.10 Å². The third kappa shape index (κ3) is 3.40. The number of hydrogen-bond donors (Lipinski definition) is 1. The summed E-state index contributed by atoms with van der Waals surface area (Å²) in [6.07, 6.45) is 2.50. The molecular weight excluding hydrogens is 168 g/mol. The van der Waals surface area contributed by atoms with Gasteiger partial charge in [-0.3, -0.25) is 0 Å². The number of ether oxygens (including phenoxy) is 1. The molecule has 2 N–H and O–H groups in total. The van der Waals surface area contributed by atoms with Gasteiger partial charge in [-0.05, 0) is 12.5 Å². The number of nitrogens with two attached hydrogens (primary N) is 1. The molecule has 0 aliphatic heterocycles. The van der Waals surface area contributed by atoms with Crippen LogP contribution in [0.3, 0.4) is 0 Å². The van der Waals surface area contributed by atoms with Crippen LogP contribution in [0, 0.1) is 0 Å². The SMILES string of the molecule is CCC(CON)Oc1ccccn1. The molecule has 4 nitrogen and oxygen atoms in total. The first-order valence-corrected chi connectivity index (χ1v) is 4.26. The summed E-state index contributed by atoms with van der Waals surface area (Å²) >= 11 is 0. The van der Waals surface area contributed by atoms with Crippen molar-refractivity contribution in [2.75, 3.05) is 6.61 Å². The van der Waals surface area contributed by atoms with Crippen LogP contribution >= 0.6 is 0 Å². The molecule has 0 aliphatic carbocycles. The molecular formula is C9H14N2O2. The van der Waals surface area contributed by atoms with Crippen LogP contribution < -0.4 is 10.6 Å². The molecule has 1 aromatic heterocycles. The number of pyridine rings is 1. The van der Waals surface area contributed by atoms with Crippen molar-refractivity contribution in [3.63, 3.8) is 0 Å². The molecule has 1 heterocycles. The van der Waals surface area contributed by atoms with Gasteiger partial charge in [0.1, 0.15) is 12.7 Å². The molecule has 1 aromatic rings. The van der Waals surface area contributed by atoms with Crippen LogP contribution in [0.1, 0.15) is 13.3 Å². The summed E-state index contributed by atoms with van der Waals surface area (Å²) in [6, 6.07) is 5.52. The molecule has 0 spiro atoms. The monoisotopic (exact) mass is 182 g/mol. The summed E-state index contributed by atoms with van der Waals surface area (Å²) in [5, 5.41) is 0. The minimum Gasteiger partial charge on any atom is -0.472 e. The van der Waals surface area contributed by atoms with Gasteiger partial charge in [-0.25, -0.2) is 10.9 Å². The van der Waals surface area contributed by atoms with Gasteiger partial charge in [0.15, 0.2) is 0 Å². The minimum absolute atomic E-state index is 0.0279. The molecule has 0 saturated heterocycles. The minimum atomic E-state index is -0.0279. The van der Waals surface area contributed by atoms with Crippen molar-refractivity contribution in [2.24, 2.45) is 5.90 Å². The van der Waals surface area contributed by atoms with Crippen molar-refractivity contribution >= 4 is 0 Å². The average molecular weight is 182 g/mol. The third-order valence-electron chi connectivity index (χ3n) is 1.66. The number of rotatable bonds is 5. The maximum Gasteiger partial charge on any atom is 0.213 e. The molecule has 4 heteroatoms. The lowest BCUT2D eigenvalue weighted by Crippen LogP contribution is -2.24. The van der Waals surface area contributed by atoms with Crippen LogP contribution in [0.15, 0.2) is 24.4 Å². The van der Waals surface area contributed by atoms with Crippen molar-refractivity contribution in [3.05, 3.63) is 24.4 Å². The van der Waals surface area contributed by atoms with E-state index < -0.39 is 0 Å². The van der Waals surface area contributed by atoms with Crippen LogP contribution in [-0.2, 0) is 4.84 Å². The molecule has 0 bridgehead atoms. The highest BCUT2D eigenvalue weighted by Crippen LogP contribution is 2.08. The van der Waals surface area contributed by atoms with E-state index in [4.69, 9.17) is 10.6 Å². The summed E-state index contributed by atoms with van der Waals surface area (Å²) in [6.45, 7) is 2.39. The Hall–Kier alpha value is -1.13. The Morgan fingerprint density at radius 2 is 2.38 bits per heavy atom. The molecule has 0 aromatic carbocycles. The summed E-state index contributed by atoms with van der Waals surface area (Å²) in [5.74, 6) is 5.56. The molecule has 0 aliphatic rings. The molecule has 1 rings (SSSR count). The van der Waals surface area contributed by atoms with Gasteiger partial charge in [-0.2, -0.15) is 0 Å². The highest BCUT2D eigenvalue weighted by atomic mass is 16.6. The molecule has 0 saturated carbocycles. The van der Waals surface area contributed by atoms with Crippen LogP contribution in [0.25, 0.3) is 0 Å². The second-order valence-electron chi connectivity index (χ2n) is 2.65. The number of nitrogens with zero attached hydrogens (tertiary/aromatic N) is 1. The lowest BCUT2D eigenvalue weighted by molar-refractivity contribution is 0.0460. The van der Waals surface area contributed by atoms with Crippen molar-refractivity contribution in [3.8, 4) is 5.88 Å². The normalized spacial score (nSPS) is 12.5. The van der Waals surface area contributed by atoms with Gasteiger partial charge >= 0.3 is 0 Å². The first-order valence-electron chi connectivity index (χ1n) is 4.26. The Kier molecular flexibility index (Phi) is 4.21. The van der Waals surface area contributed by atoms with E-state index in [1.807, 2.05) is 19.1 Å². The summed E-state index contributed by atoms with van der Waals surface area (Å²) in [7, 11) is 0. The van der Waals surface area contributed by atoms with Gasteiger partial charge in [-0.1, -0.05) is 13.0 Å².